The van der Waals surface area contributed by atoms with E-state index in [1.807, 2.05) is 18.2 Å². The maximum atomic E-state index is 12.7. The molecule has 1 N–H and O–H groups in total. The molecule has 0 amide bonds. The highest BCUT2D eigenvalue weighted by molar-refractivity contribution is 6.03. The quantitative estimate of drug-likeness (QED) is 0.853. The van der Waals surface area contributed by atoms with Crippen molar-refractivity contribution in [3.63, 3.8) is 0 Å². The highest BCUT2D eigenvalue weighted by atomic mass is 16.5. The molecule has 0 bridgehead atoms. The summed E-state index contributed by atoms with van der Waals surface area (Å²) in [7, 11) is 4.67. The first kappa shape index (κ1) is 17.9. The maximum absolute atomic E-state index is 12.7. The third kappa shape index (κ3) is 3.38. The molecule has 2 aromatic carbocycles. The Bertz CT molecular complexity index is 854. The number of benzene rings is 2. The van der Waals surface area contributed by atoms with E-state index in [1.54, 1.807) is 38.5 Å². The number of phenols is 1. The van der Waals surface area contributed by atoms with Gasteiger partial charge >= 0.3 is 0 Å². The number of phenolic OH excluding ortho intramolecular Hbond substituents is 1. The topological polar surface area (TPSA) is 65.0 Å². The number of methoxy groups -OCH3 is 3. The second-order valence-electron chi connectivity index (χ2n) is 6.20. The van der Waals surface area contributed by atoms with Crippen molar-refractivity contribution < 1.29 is 24.1 Å². The molecule has 26 heavy (non-hydrogen) atoms. The molecule has 1 aliphatic rings. The fourth-order valence-corrected chi connectivity index (χ4v) is 3.25. The van der Waals surface area contributed by atoms with Gasteiger partial charge < -0.3 is 19.3 Å². The van der Waals surface area contributed by atoms with E-state index < -0.39 is 0 Å². The molecule has 1 atom stereocenters. The molecule has 5 nitrogen and oxygen atoms in total. The number of rotatable bonds is 6. The standard InChI is InChI=1S/C21H22O5/c1-24-18-9-13(7-8-17(18)22)5-4-6-14-10-15-11-19(25-2)20(26-3)12-16(15)21(14)23/h4-5,7-9,11-12,14,22H,6,10H2,1-3H3/b5-4+. The highest BCUT2D eigenvalue weighted by Gasteiger charge is 2.31. The number of carbonyl (C=O) groups excluding carboxylic acids is 1. The van der Waals surface area contributed by atoms with Gasteiger partial charge in [-0.2, -0.15) is 0 Å². The fraction of sp³-hybridized carbons (Fsp3) is 0.286. The molecule has 136 valence electrons. The van der Waals surface area contributed by atoms with Crippen molar-refractivity contribution in [3.05, 3.63) is 53.1 Å². The molecule has 0 heterocycles. The van der Waals surface area contributed by atoms with Crippen molar-refractivity contribution in [2.75, 3.05) is 21.3 Å². The summed E-state index contributed by atoms with van der Waals surface area (Å²) in [6.07, 6.45) is 5.24. The first-order valence-corrected chi connectivity index (χ1v) is 8.40. The molecule has 0 radical (unpaired) electrons. The zero-order valence-corrected chi connectivity index (χ0v) is 15.1. The smallest absolute Gasteiger partial charge is 0.167 e. The van der Waals surface area contributed by atoms with E-state index in [0.717, 1.165) is 11.1 Å². The minimum atomic E-state index is -0.0860. The molecular weight excluding hydrogens is 332 g/mol. The Labute approximate surface area is 152 Å². The number of carbonyl (C=O) groups is 1. The predicted molar refractivity (Wildman–Crippen MR) is 99.4 cm³/mol. The average Bonchev–Trinajstić information content (AvgIpc) is 2.97. The molecular formula is C21H22O5. The van der Waals surface area contributed by atoms with Crippen molar-refractivity contribution in [1.29, 1.82) is 0 Å². The van der Waals surface area contributed by atoms with E-state index in [2.05, 4.69) is 0 Å². The molecule has 0 spiro atoms. The van der Waals surface area contributed by atoms with Gasteiger partial charge in [-0.1, -0.05) is 18.2 Å². The summed E-state index contributed by atoms with van der Waals surface area (Å²) >= 11 is 0. The Kier molecular flexibility index (Phi) is 5.16. The summed E-state index contributed by atoms with van der Waals surface area (Å²) in [5, 5.41) is 9.64. The number of ether oxygens (including phenoxy) is 3. The Balaban J connectivity index is 1.73. The van der Waals surface area contributed by atoms with Crippen LogP contribution in [-0.4, -0.2) is 32.2 Å². The summed E-state index contributed by atoms with van der Waals surface area (Å²) in [6, 6.07) is 8.81. The first-order valence-electron chi connectivity index (χ1n) is 8.40. The molecule has 0 aliphatic heterocycles. The van der Waals surface area contributed by atoms with Crippen LogP contribution in [-0.2, 0) is 6.42 Å². The predicted octanol–water partition coefficient (Wildman–Crippen LogP) is 3.88. The lowest BCUT2D eigenvalue weighted by molar-refractivity contribution is 0.0937. The van der Waals surface area contributed by atoms with Gasteiger partial charge in [0.25, 0.3) is 0 Å². The van der Waals surface area contributed by atoms with Crippen LogP contribution in [0.3, 0.4) is 0 Å². The third-order valence-corrected chi connectivity index (χ3v) is 4.65. The Morgan fingerprint density at radius 3 is 2.42 bits per heavy atom. The third-order valence-electron chi connectivity index (χ3n) is 4.65. The Morgan fingerprint density at radius 2 is 1.73 bits per heavy atom. The summed E-state index contributed by atoms with van der Waals surface area (Å²) in [6.45, 7) is 0. The summed E-state index contributed by atoms with van der Waals surface area (Å²) in [4.78, 5) is 12.7. The van der Waals surface area contributed by atoms with Gasteiger partial charge in [0.1, 0.15) is 0 Å². The number of fused-ring (bicyclic) bond motifs is 1. The van der Waals surface area contributed by atoms with Gasteiger partial charge in [-0.25, -0.2) is 0 Å². The zero-order valence-electron chi connectivity index (χ0n) is 15.1. The number of Topliss-reactive ketones (excluding diaryl/α,β-unsaturated/α-hetero) is 1. The second-order valence-corrected chi connectivity index (χ2v) is 6.20. The molecule has 3 rings (SSSR count). The molecule has 0 fully saturated rings. The maximum Gasteiger partial charge on any atom is 0.167 e. The van der Waals surface area contributed by atoms with Crippen LogP contribution in [0, 0.1) is 5.92 Å². The number of hydrogen-bond donors (Lipinski definition) is 1. The van der Waals surface area contributed by atoms with Crippen LogP contribution in [0.1, 0.15) is 27.9 Å². The lowest BCUT2D eigenvalue weighted by atomic mass is 10.00. The minimum Gasteiger partial charge on any atom is -0.504 e. The van der Waals surface area contributed by atoms with Gasteiger partial charge in [-0.15, -0.1) is 0 Å². The summed E-state index contributed by atoms with van der Waals surface area (Å²) in [5.74, 6) is 1.80. The molecule has 1 unspecified atom stereocenters. The number of allylic oxidation sites excluding steroid dienone is 1. The lowest BCUT2D eigenvalue weighted by Gasteiger charge is -2.09. The number of aromatic hydroxyl groups is 1. The Morgan fingerprint density at radius 1 is 1.04 bits per heavy atom. The van der Waals surface area contributed by atoms with E-state index in [4.69, 9.17) is 14.2 Å². The molecule has 1 aliphatic carbocycles. The summed E-state index contributed by atoms with van der Waals surface area (Å²) < 4.78 is 15.7. The highest BCUT2D eigenvalue weighted by Crippen LogP contribution is 2.37. The van der Waals surface area contributed by atoms with E-state index in [0.29, 0.717) is 35.7 Å². The van der Waals surface area contributed by atoms with Crippen molar-refractivity contribution in [2.45, 2.75) is 12.8 Å². The van der Waals surface area contributed by atoms with Gasteiger partial charge in [0.05, 0.1) is 21.3 Å². The van der Waals surface area contributed by atoms with Crippen LogP contribution in [0.5, 0.6) is 23.0 Å². The molecule has 2 aromatic rings. The van der Waals surface area contributed by atoms with Crippen LogP contribution in [0.25, 0.3) is 6.08 Å². The van der Waals surface area contributed by atoms with E-state index in [-0.39, 0.29) is 17.5 Å². The monoisotopic (exact) mass is 354 g/mol. The molecule has 5 heteroatoms. The van der Waals surface area contributed by atoms with Crippen molar-refractivity contribution in [1.82, 2.24) is 0 Å². The van der Waals surface area contributed by atoms with Gasteiger partial charge in [0, 0.05) is 11.5 Å². The van der Waals surface area contributed by atoms with E-state index >= 15 is 0 Å². The first-order chi connectivity index (χ1) is 12.6. The minimum absolute atomic E-state index is 0.0860. The summed E-state index contributed by atoms with van der Waals surface area (Å²) in [5.41, 5.74) is 2.62. The number of hydrogen-bond acceptors (Lipinski definition) is 5. The normalized spacial score (nSPS) is 16.0. The van der Waals surface area contributed by atoms with Crippen LogP contribution in [0.4, 0.5) is 0 Å². The molecule has 0 saturated carbocycles. The fourth-order valence-electron chi connectivity index (χ4n) is 3.25. The van der Waals surface area contributed by atoms with Crippen LogP contribution in [0.2, 0.25) is 0 Å². The van der Waals surface area contributed by atoms with Gasteiger partial charge in [-0.05, 0) is 48.2 Å². The second kappa shape index (κ2) is 7.52. The van der Waals surface area contributed by atoms with Gasteiger partial charge in [-0.3, -0.25) is 4.79 Å². The zero-order chi connectivity index (χ0) is 18.7. The van der Waals surface area contributed by atoms with E-state index in [1.165, 1.54) is 7.11 Å². The van der Waals surface area contributed by atoms with Crippen molar-refractivity contribution in [3.8, 4) is 23.0 Å². The van der Waals surface area contributed by atoms with Crippen LogP contribution < -0.4 is 14.2 Å². The van der Waals surface area contributed by atoms with Crippen molar-refractivity contribution >= 4 is 11.9 Å². The van der Waals surface area contributed by atoms with Crippen LogP contribution >= 0.6 is 0 Å². The van der Waals surface area contributed by atoms with Gasteiger partial charge in [0.2, 0.25) is 0 Å². The number of ketones is 1. The molecule has 0 aromatic heterocycles. The van der Waals surface area contributed by atoms with Crippen molar-refractivity contribution in [2.24, 2.45) is 5.92 Å². The van der Waals surface area contributed by atoms with E-state index in [9.17, 15) is 9.90 Å². The largest absolute Gasteiger partial charge is 0.504 e. The Hall–Kier alpha value is -2.95. The van der Waals surface area contributed by atoms with Gasteiger partial charge in [0.15, 0.2) is 28.8 Å². The molecule has 0 saturated heterocycles. The van der Waals surface area contributed by atoms with Crippen LogP contribution in [0.15, 0.2) is 36.4 Å². The lowest BCUT2D eigenvalue weighted by Crippen LogP contribution is -2.07. The SMILES string of the molecule is COc1cc(/C=C/CC2Cc3cc(OC)c(OC)cc3C2=O)ccc1O. The average molecular weight is 354 g/mol.